The molecule has 0 bridgehead atoms. The largest absolute Gasteiger partial charge is 0.488 e. The van der Waals surface area contributed by atoms with E-state index in [-0.39, 0.29) is 49.0 Å². The van der Waals surface area contributed by atoms with Gasteiger partial charge in [-0.3, -0.25) is 19.1 Å². The number of nitrogens with zero attached hydrogens (tertiary/aromatic N) is 3. The summed E-state index contributed by atoms with van der Waals surface area (Å²) < 4.78 is 34.9. The van der Waals surface area contributed by atoms with Crippen molar-refractivity contribution in [3.8, 4) is 17.1 Å². The molecule has 2 aromatic carbocycles. The molecule has 8 rings (SSSR count). The Bertz CT molecular complexity index is 2370. The fourth-order valence-electron chi connectivity index (χ4n) is 8.74. The monoisotopic (exact) mass is 837 g/mol. The van der Waals surface area contributed by atoms with Crippen molar-refractivity contribution >= 4 is 55.0 Å². The Labute approximate surface area is 351 Å². The predicted molar refractivity (Wildman–Crippen MR) is 232 cm³/mol. The number of aryl methyl sites for hydroxylation is 1. The van der Waals surface area contributed by atoms with Crippen LogP contribution in [0.1, 0.15) is 96.1 Å². The molecule has 2 saturated carbocycles. The smallest absolute Gasteiger partial charge is 0.240 e. The first-order valence-electron chi connectivity index (χ1n) is 21.1. The first-order chi connectivity index (χ1) is 28.2. The van der Waals surface area contributed by atoms with Crippen LogP contribution < -0.4 is 14.8 Å². The van der Waals surface area contributed by atoms with Gasteiger partial charge >= 0.3 is 0 Å². The van der Waals surface area contributed by atoms with E-state index < -0.39 is 38.2 Å². The van der Waals surface area contributed by atoms with Gasteiger partial charge in [-0.1, -0.05) is 61.4 Å². The Morgan fingerprint density at radius 2 is 1.83 bits per heavy atom. The lowest BCUT2D eigenvalue weighted by atomic mass is 9.90. The number of thiazole rings is 1. The van der Waals surface area contributed by atoms with E-state index in [2.05, 4.69) is 30.0 Å². The van der Waals surface area contributed by atoms with Gasteiger partial charge in [0.15, 0.2) is 10.9 Å². The summed E-state index contributed by atoms with van der Waals surface area (Å²) in [5.74, 6) is -0.992. The number of sulfonamides is 1. The molecule has 3 fully saturated rings. The summed E-state index contributed by atoms with van der Waals surface area (Å²) in [6, 6.07) is 17.3. The highest BCUT2D eigenvalue weighted by Gasteiger charge is 2.62. The molecule has 2 aromatic heterocycles. The number of hydrogen-bond donors (Lipinski definition) is 2. The summed E-state index contributed by atoms with van der Waals surface area (Å²) in [4.78, 5) is 55.3. The van der Waals surface area contributed by atoms with Gasteiger partial charge in [0, 0.05) is 41.6 Å². The van der Waals surface area contributed by atoms with Gasteiger partial charge in [-0.05, 0) is 102 Å². The molecule has 4 aromatic rings. The lowest BCUT2D eigenvalue weighted by molar-refractivity contribution is -0.142. The Morgan fingerprint density at radius 1 is 1.03 bits per heavy atom. The maximum absolute atomic E-state index is 14.9. The molecule has 4 heterocycles. The molecule has 2 amide bonds. The van der Waals surface area contributed by atoms with Gasteiger partial charge in [0.1, 0.15) is 17.5 Å². The van der Waals surface area contributed by atoms with Crippen LogP contribution >= 0.6 is 11.3 Å². The zero-order valence-electron chi connectivity index (χ0n) is 34.4. The van der Waals surface area contributed by atoms with Crippen molar-refractivity contribution in [2.45, 2.75) is 121 Å². The summed E-state index contributed by atoms with van der Waals surface area (Å²) in [7, 11) is -3.92. The number of nitrogens with one attached hydrogen (secondary N) is 2. The van der Waals surface area contributed by atoms with Crippen LogP contribution in [0.15, 0.2) is 72.1 Å². The summed E-state index contributed by atoms with van der Waals surface area (Å²) in [6.45, 7) is 7.98. The maximum atomic E-state index is 14.9. The van der Waals surface area contributed by atoms with E-state index in [9.17, 15) is 22.8 Å². The number of rotatable bonds is 10. The molecule has 0 spiro atoms. The van der Waals surface area contributed by atoms with Crippen LogP contribution in [0.2, 0.25) is 0 Å². The summed E-state index contributed by atoms with van der Waals surface area (Å²) in [5.41, 5.74) is 3.03. The predicted octanol–water partition coefficient (Wildman–Crippen LogP) is 8.18. The molecule has 5 atom stereocenters. The Balaban J connectivity index is 1.13. The average Bonchev–Trinajstić information content (AvgIpc) is 3.99. The molecular formula is C46H55N5O6S2. The van der Waals surface area contributed by atoms with Crippen molar-refractivity contribution in [3.63, 3.8) is 0 Å². The third kappa shape index (κ3) is 8.82. The standard InChI is InChI=1S/C46H55N5O6S2/c1-29(2)47-44-49-38(28-58-44)37-24-41(35-18-17-30(3)21-36(35)48-37)57-34-23-39-40(52)26-46(43(54)50-59(55,56)45(4)19-20-45)25-33(46)16-12-7-5-6-11-15-32(42(53)51(39)27-34)22-31-13-9-8-10-14-31/h8-10,12-14,16-18,21,24,28-29,32-34,39H,5-7,11,15,19-20,22-23,25-27H2,1-4H3,(H,47,49)(H,50,54)/b16-12-/t32-,33-,34-,39+,46-/m1/s1. The van der Waals surface area contributed by atoms with Crippen LogP contribution in [0.5, 0.6) is 5.75 Å². The quantitative estimate of drug-likeness (QED) is 0.151. The van der Waals surface area contributed by atoms with Gasteiger partial charge in [0.2, 0.25) is 21.8 Å². The maximum Gasteiger partial charge on any atom is 0.240 e. The third-order valence-corrected chi connectivity index (χ3v) is 15.6. The number of ether oxygens (including phenoxy) is 1. The highest BCUT2D eigenvalue weighted by Crippen LogP contribution is 2.57. The van der Waals surface area contributed by atoms with Gasteiger partial charge in [-0.2, -0.15) is 0 Å². The fourth-order valence-corrected chi connectivity index (χ4v) is 10.9. The number of ketones is 1. The van der Waals surface area contributed by atoms with E-state index in [1.54, 1.807) is 11.8 Å². The van der Waals surface area contributed by atoms with Gasteiger partial charge in [-0.15, -0.1) is 11.3 Å². The van der Waals surface area contributed by atoms with Crippen LogP contribution in [-0.4, -0.2) is 70.4 Å². The molecule has 2 N–H and O–H groups in total. The second kappa shape index (κ2) is 16.4. The van der Waals surface area contributed by atoms with Crippen molar-refractivity contribution < 1.29 is 27.5 Å². The van der Waals surface area contributed by atoms with Crippen LogP contribution in [0.25, 0.3) is 22.3 Å². The van der Waals surface area contributed by atoms with E-state index >= 15 is 0 Å². The third-order valence-electron chi connectivity index (χ3n) is 12.7. The topological polar surface area (TPSA) is 148 Å². The zero-order chi connectivity index (χ0) is 41.5. The Morgan fingerprint density at radius 3 is 2.59 bits per heavy atom. The number of Topliss-reactive ketones (excluding diaryl/α,β-unsaturated/α-hetero) is 1. The van der Waals surface area contributed by atoms with Gasteiger partial charge in [0.05, 0.1) is 34.0 Å². The van der Waals surface area contributed by atoms with E-state index in [0.29, 0.717) is 49.2 Å². The molecule has 1 saturated heterocycles. The van der Waals surface area contributed by atoms with Crippen molar-refractivity contribution in [3.05, 3.63) is 83.3 Å². The number of pyridine rings is 1. The second-order valence-electron chi connectivity index (χ2n) is 17.8. The molecule has 2 aliphatic carbocycles. The number of allylic oxidation sites excluding steroid dienone is 2. The molecule has 0 radical (unpaired) electrons. The molecule has 11 nitrogen and oxygen atoms in total. The minimum absolute atomic E-state index is 0.0926. The number of amides is 2. The van der Waals surface area contributed by atoms with E-state index in [0.717, 1.165) is 52.8 Å². The number of carbonyl (C=O) groups excluding carboxylic acids is 3. The van der Waals surface area contributed by atoms with Gasteiger partial charge in [0.25, 0.3) is 0 Å². The molecule has 4 aliphatic rings. The Hall–Kier alpha value is -4.62. The number of aromatic nitrogens is 2. The van der Waals surface area contributed by atoms with Crippen LogP contribution in [0.3, 0.4) is 0 Å². The minimum atomic E-state index is -3.92. The summed E-state index contributed by atoms with van der Waals surface area (Å²) in [6.07, 6.45) is 9.75. The van der Waals surface area contributed by atoms with Crippen molar-refractivity contribution in [1.29, 1.82) is 0 Å². The molecule has 59 heavy (non-hydrogen) atoms. The molecule has 0 unspecified atom stereocenters. The highest BCUT2D eigenvalue weighted by atomic mass is 32.2. The van der Waals surface area contributed by atoms with Crippen LogP contribution in [0.4, 0.5) is 5.13 Å². The lowest BCUT2D eigenvalue weighted by Crippen LogP contribution is -2.47. The van der Waals surface area contributed by atoms with Crippen molar-refractivity contribution in [2.24, 2.45) is 17.3 Å². The number of anilines is 1. The average molecular weight is 838 g/mol. The minimum Gasteiger partial charge on any atom is -0.488 e. The molecule has 13 heteroatoms. The molecular weight excluding hydrogens is 783 g/mol. The lowest BCUT2D eigenvalue weighted by Gasteiger charge is -2.29. The van der Waals surface area contributed by atoms with Crippen LogP contribution in [-0.2, 0) is 30.8 Å². The van der Waals surface area contributed by atoms with Crippen molar-refractivity contribution in [1.82, 2.24) is 19.6 Å². The van der Waals surface area contributed by atoms with Gasteiger partial charge < -0.3 is 15.0 Å². The first-order valence-corrected chi connectivity index (χ1v) is 23.5. The number of fused-ring (bicyclic) bond motifs is 3. The molecule has 312 valence electrons. The highest BCUT2D eigenvalue weighted by molar-refractivity contribution is 7.91. The van der Waals surface area contributed by atoms with E-state index in [4.69, 9.17) is 14.7 Å². The van der Waals surface area contributed by atoms with E-state index in [1.165, 1.54) is 11.3 Å². The summed E-state index contributed by atoms with van der Waals surface area (Å²) >= 11 is 1.51. The Kier molecular flexibility index (Phi) is 11.5. The van der Waals surface area contributed by atoms with E-state index in [1.807, 2.05) is 73.0 Å². The number of carbonyl (C=O) groups is 3. The number of benzene rings is 2. The normalized spacial score (nSPS) is 26.4. The zero-order valence-corrected chi connectivity index (χ0v) is 36.0. The van der Waals surface area contributed by atoms with Gasteiger partial charge in [-0.25, -0.2) is 18.4 Å². The van der Waals surface area contributed by atoms with Crippen molar-refractivity contribution in [2.75, 3.05) is 11.9 Å². The summed E-state index contributed by atoms with van der Waals surface area (Å²) in [5, 5.41) is 6.94. The fraction of sp³-hybridized carbons (Fsp3) is 0.500. The van der Waals surface area contributed by atoms with Crippen LogP contribution in [0, 0.1) is 24.2 Å². The second-order valence-corrected chi connectivity index (χ2v) is 20.8. The molecule has 2 aliphatic heterocycles. The first kappa shape index (κ1) is 41.1. The number of hydrogen-bond acceptors (Lipinski definition) is 10. The SMILES string of the molecule is Cc1ccc2c(O[C@@H]3C[C@H]4C(=O)C[C@]5(C(=O)NS(=O)(=O)C6(C)CC6)C[C@H]5/C=C\CCCCC[C@H](Cc5ccccc5)C(=O)N4C3)cc(-c3csc(NC(C)C)n3)nc2c1.